The molecule has 0 radical (unpaired) electrons. The highest BCUT2D eigenvalue weighted by Crippen LogP contribution is 2.13. The molecule has 0 spiro atoms. The van der Waals surface area contributed by atoms with E-state index in [4.69, 9.17) is 13.6 Å². The molecule has 0 saturated carbocycles. The lowest BCUT2D eigenvalue weighted by molar-refractivity contribution is -0.142. The summed E-state index contributed by atoms with van der Waals surface area (Å²) in [5.74, 6) is 1.36. The van der Waals surface area contributed by atoms with Crippen LogP contribution in [0.4, 0.5) is 0 Å². The van der Waals surface area contributed by atoms with Gasteiger partial charge in [0.2, 0.25) is 5.91 Å². The normalized spacial score (nSPS) is 11.6. The van der Waals surface area contributed by atoms with Crippen LogP contribution in [0, 0.1) is 0 Å². The first-order valence-corrected chi connectivity index (χ1v) is 6.90. The third-order valence-corrected chi connectivity index (χ3v) is 2.83. The average Bonchev–Trinajstić information content (AvgIpc) is 3.07. The van der Waals surface area contributed by atoms with Crippen LogP contribution in [0.15, 0.2) is 45.6 Å². The van der Waals surface area contributed by atoms with E-state index < -0.39 is 0 Å². The van der Waals surface area contributed by atoms with Gasteiger partial charge in [0, 0.05) is 0 Å². The minimum atomic E-state index is -0.351. The summed E-state index contributed by atoms with van der Waals surface area (Å²) in [5, 5.41) is 0. The number of carbonyl (C=O) groups is 1. The molecule has 0 aromatic carbocycles. The molecule has 0 aliphatic heterocycles. The Morgan fingerprint density at radius 1 is 1.10 bits per heavy atom. The zero-order chi connectivity index (χ0) is 15.3. The molecule has 0 unspecified atom stereocenters. The zero-order valence-electron chi connectivity index (χ0n) is 12.7. The van der Waals surface area contributed by atoms with Gasteiger partial charge in [0.25, 0.3) is 0 Å². The molecule has 1 amide bonds. The van der Waals surface area contributed by atoms with Crippen LogP contribution in [0.1, 0.15) is 32.3 Å². The number of ether oxygens (including phenoxy) is 1. The molecular formula is C16H21NO4. The van der Waals surface area contributed by atoms with E-state index in [0.717, 1.165) is 11.5 Å². The summed E-state index contributed by atoms with van der Waals surface area (Å²) in [6, 6.07) is 7.28. The summed E-state index contributed by atoms with van der Waals surface area (Å²) in [6.45, 7) is 6.57. The Balaban J connectivity index is 2.01. The van der Waals surface area contributed by atoms with Crippen molar-refractivity contribution in [3.8, 4) is 0 Å². The summed E-state index contributed by atoms with van der Waals surface area (Å²) >= 11 is 0. The van der Waals surface area contributed by atoms with E-state index in [9.17, 15) is 4.79 Å². The van der Waals surface area contributed by atoms with Crippen molar-refractivity contribution in [2.75, 3.05) is 6.61 Å². The van der Waals surface area contributed by atoms with Gasteiger partial charge in [-0.1, -0.05) is 0 Å². The highest BCUT2D eigenvalue weighted by Gasteiger charge is 2.20. The number of rotatable bonds is 6. The first kappa shape index (κ1) is 15.4. The fraction of sp³-hybridized carbons (Fsp3) is 0.438. The van der Waals surface area contributed by atoms with Crippen LogP contribution in [-0.4, -0.2) is 23.0 Å². The van der Waals surface area contributed by atoms with Crippen molar-refractivity contribution < 1.29 is 18.4 Å². The SMILES string of the molecule is CC(C)(C)OCC(=O)N(Cc1ccco1)Cc1ccco1. The fourth-order valence-corrected chi connectivity index (χ4v) is 1.78. The lowest BCUT2D eigenvalue weighted by Gasteiger charge is -2.24. The smallest absolute Gasteiger partial charge is 0.249 e. The molecule has 0 aliphatic rings. The molecule has 0 fully saturated rings. The van der Waals surface area contributed by atoms with Crippen molar-refractivity contribution in [2.45, 2.75) is 39.5 Å². The van der Waals surface area contributed by atoms with Gasteiger partial charge in [0.05, 0.1) is 31.2 Å². The summed E-state index contributed by atoms with van der Waals surface area (Å²) < 4.78 is 16.2. The fourth-order valence-electron chi connectivity index (χ4n) is 1.78. The topological polar surface area (TPSA) is 55.8 Å². The highest BCUT2D eigenvalue weighted by molar-refractivity contribution is 5.77. The zero-order valence-corrected chi connectivity index (χ0v) is 12.7. The van der Waals surface area contributed by atoms with Crippen LogP contribution >= 0.6 is 0 Å². The van der Waals surface area contributed by atoms with Crippen molar-refractivity contribution in [3.05, 3.63) is 48.3 Å². The lowest BCUT2D eigenvalue weighted by atomic mass is 10.2. The molecule has 0 bridgehead atoms. The van der Waals surface area contributed by atoms with Gasteiger partial charge in [-0.15, -0.1) is 0 Å². The van der Waals surface area contributed by atoms with Crippen molar-refractivity contribution >= 4 is 5.91 Å². The summed E-state index contributed by atoms with van der Waals surface area (Å²) in [7, 11) is 0. The van der Waals surface area contributed by atoms with Crippen molar-refractivity contribution in [1.29, 1.82) is 0 Å². The molecule has 2 aromatic heterocycles. The third-order valence-electron chi connectivity index (χ3n) is 2.83. The van der Waals surface area contributed by atoms with Crippen LogP contribution < -0.4 is 0 Å². The Hall–Kier alpha value is -2.01. The van der Waals surface area contributed by atoms with E-state index in [2.05, 4.69) is 0 Å². The van der Waals surface area contributed by atoms with Gasteiger partial charge in [0.15, 0.2) is 0 Å². The number of furan rings is 2. The van der Waals surface area contributed by atoms with E-state index >= 15 is 0 Å². The molecular weight excluding hydrogens is 270 g/mol. The van der Waals surface area contributed by atoms with Gasteiger partial charge in [0.1, 0.15) is 18.1 Å². The summed E-state index contributed by atoms with van der Waals surface area (Å²) in [6.07, 6.45) is 3.19. The lowest BCUT2D eigenvalue weighted by Crippen LogP contribution is -2.35. The number of nitrogens with zero attached hydrogens (tertiary/aromatic N) is 1. The number of hydrogen-bond donors (Lipinski definition) is 0. The average molecular weight is 291 g/mol. The van der Waals surface area contributed by atoms with Gasteiger partial charge < -0.3 is 18.5 Å². The maximum Gasteiger partial charge on any atom is 0.249 e. The van der Waals surface area contributed by atoms with Crippen molar-refractivity contribution in [2.24, 2.45) is 0 Å². The Labute approximate surface area is 124 Å². The first-order valence-electron chi connectivity index (χ1n) is 6.90. The largest absolute Gasteiger partial charge is 0.467 e. The van der Waals surface area contributed by atoms with Crippen LogP contribution in [0.5, 0.6) is 0 Å². The van der Waals surface area contributed by atoms with E-state index in [1.54, 1.807) is 29.6 Å². The monoisotopic (exact) mass is 291 g/mol. The second kappa shape index (κ2) is 6.63. The van der Waals surface area contributed by atoms with Crippen molar-refractivity contribution in [1.82, 2.24) is 4.90 Å². The highest BCUT2D eigenvalue weighted by atomic mass is 16.5. The molecule has 5 nitrogen and oxygen atoms in total. The standard InChI is InChI=1S/C16H21NO4/c1-16(2,3)21-12-15(18)17(10-13-6-4-8-19-13)11-14-7-5-9-20-14/h4-9H,10-12H2,1-3H3. The second-order valence-corrected chi connectivity index (χ2v) is 5.81. The van der Waals surface area contributed by atoms with E-state index in [-0.39, 0.29) is 18.1 Å². The van der Waals surface area contributed by atoms with Crippen LogP contribution in [0.25, 0.3) is 0 Å². The van der Waals surface area contributed by atoms with E-state index in [0.29, 0.717) is 13.1 Å². The molecule has 0 N–H and O–H groups in total. The Bertz CT molecular complexity index is 501. The predicted molar refractivity (Wildman–Crippen MR) is 77.4 cm³/mol. The Morgan fingerprint density at radius 3 is 2.00 bits per heavy atom. The van der Waals surface area contributed by atoms with Gasteiger partial charge in [-0.05, 0) is 45.0 Å². The molecule has 2 heterocycles. The Morgan fingerprint density at radius 2 is 1.62 bits per heavy atom. The van der Waals surface area contributed by atoms with Gasteiger partial charge in [-0.3, -0.25) is 4.79 Å². The second-order valence-electron chi connectivity index (χ2n) is 5.81. The minimum Gasteiger partial charge on any atom is -0.467 e. The van der Waals surface area contributed by atoms with Gasteiger partial charge in [-0.2, -0.15) is 0 Å². The maximum absolute atomic E-state index is 12.4. The van der Waals surface area contributed by atoms with E-state index in [1.807, 2.05) is 32.9 Å². The minimum absolute atomic E-state index is 0.0327. The molecule has 0 aliphatic carbocycles. The first-order chi connectivity index (χ1) is 9.94. The molecule has 2 rings (SSSR count). The molecule has 0 saturated heterocycles. The molecule has 5 heteroatoms. The van der Waals surface area contributed by atoms with Crippen molar-refractivity contribution in [3.63, 3.8) is 0 Å². The number of amides is 1. The van der Waals surface area contributed by atoms with Crippen LogP contribution in [-0.2, 0) is 22.6 Å². The molecule has 0 atom stereocenters. The molecule has 114 valence electrons. The van der Waals surface area contributed by atoms with E-state index in [1.165, 1.54) is 0 Å². The van der Waals surface area contributed by atoms with Gasteiger partial charge in [-0.25, -0.2) is 0 Å². The summed E-state index contributed by atoms with van der Waals surface area (Å²) in [4.78, 5) is 14.0. The van der Waals surface area contributed by atoms with Crippen LogP contribution in [0.3, 0.4) is 0 Å². The van der Waals surface area contributed by atoms with Crippen LogP contribution in [0.2, 0.25) is 0 Å². The third kappa shape index (κ3) is 5.11. The number of hydrogen-bond acceptors (Lipinski definition) is 4. The van der Waals surface area contributed by atoms with Gasteiger partial charge >= 0.3 is 0 Å². The maximum atomic E-state index is 12.4. The quantitative estimate of drug-likeness (QED) is 0.820. The Kier molecular flexibility index (Phi) is 4.85. The molecule has 21 heavy (non-hydrogen) atoms. The number of carbonyl (C=O) groups excluding carboxylic acids is 1. The molecule has 2 aromatic rings. The summed E-state index contributed by atoms with van der Waals surface area (Å²) in [5.41, 5.74) is -0.351. The predicted octanol–water partition coefficient (Wildman–Crippen LogP) is 3.22.